The number of carbonyl (C=O) groups is 1. The van der Waals surface area contributed by atoms with Gasteiger partial charge in [-0.05, 0) is 43.2 Å². The van der Waals surface area contributed by atoms with E-state index in [1.807, 2.05) is 26.0 Å². The van der Waals surface area contributed by atoms with E-state index >= 15 is 0 Å². The second kappa shape index (κ2) is 6.45. The maximum atomic E-state index is 12.4. The van der Waals surface area contributed by atoms with Gasteiger partial charge >= 0.3 is 0 Å². The number of thiazole rings is 1. The maximum Gasteiger partial charge on any atom is 0.270 e. The van der Waals surface area contributed by atoms with Crippen LogP contribution in [0.1, 0.15) is 21.5 Å². The van der Waals surface area contributed by atoms with Crippen LogP contribution in [0.4, 0.5) is 5.13 Å². The monoisotopic (exact) mass is 375 g/mol. The van der Waals surface area contributed by atoms with Crippen molar-refractivity contribution < 1.29 is 13.2 Å². The Balaban J connectivity index is 1.83. The van der Waals surface area contributed by atoms with Gasteiger partial charge in [-0.2, -0.15) is 0 Å². The first-order valence-corrected chi connectivity index (χ1v) is 10.2. The van der Waals surface area contributed by atoms with Gasteiger partial charge in [0.2, 0.25) is 5.13 Å². The minimum Gasteiger partial charge on any atom is -0.273 e. The molecule has 0 unspecified atom stereocenters. The lowest BCUT2D eigenvalue weighted by molar-refractivity contribution is 0.0959. The lowest BCUT2D eigenvalue weighted by Gasteiger charge is -2.09. The molecule has 25 heavy (non-hydrogen) atoms. The van der Waals surface area contributed by atoms with Crippen molar-refractivity contribution >= 4 is 42.4 Å². The number of anilines is 1. The van der Waals surface area contributed by atoms with E-state index in [2.05, 4.69) is 15.8 Å². The Morgan fingerprint density at radius 2 is 1.84 bits per heavy atom. The van der Waals surface area contributed by atoms with Gasteiger partial charge in [0.25, 0.3) is 5.91 Å². The van der Waals surface area contributed by atoms with Gasteiger partial charge in [-0.3, -0.25) is 15.6 Å². The topological polar surface area (TPSA) is 88.2 Å². The fourth-order valence-electron chi connectivity index (χ4n) is 2.43. The Labute approximate surface area is 149 Å². The molecule has 0 spiro atoms. The first-order chi connectivity index (χ1) is 11.8. The normalized spacial score (nSPS) is 11.5. The van der Waals surface area contributed by atoms with Crippen LogP contribution in [-0.4, -0.2) is 25.6 Å². The van der Waals surface area contributed by atoms with Crippen molar-refractivity contribution in [2.75, 3.05) is 11.7 Å². The van der Waals surface area contributed by atoms with Crippen molar-refractivity contribution in [3.8, 4) is 0 Å². The van der Waals surface area contributed by atoms with Gasteiger partial charge < -0.3 is 0 Å². The summed E-state index contributed by atoms with van der Waals surface area (Å²) in [5.41, 5.74) is 8.51. The van der Waals surface area contributed by atoms with Crippen molar-refractivity contribution in [1.82, 2.24) is 10.4 Å². The van der Waals surface area contributed by atoms with E-state index < -0.39 is 15.7 Å². The van der Waals surface area contributed by atoms with E-state index in [-0.39, 0.29) is 10.5 Å². The predicted molar refractivity (Wildman–Crippen MR) is 99.7 cm³/mol. The highest BCUT2D eigenvalue weighted by molar-refractivity contribution is 7.90. The Bertz CT molecular complexity index is 1070. The molecule has 0 aliphatic heterocycles. The lowest BCUT2D eigenvalue weighted by atomic mass is 10.1. The van der Waals surface area contributed by atoms with Gasteiger partial charge in [0.1, 0.15) is 0 Å². The van der Waals surface area contributed by atoms with Gasteiger partial charge in [-0.1, -0.05) is 29.5 Å². The number of hydrogen-bond donors (Lipinski definition) is 2. The number of benzene rings is 2. The van der Waals surface area contributed by atoms with Crippen molar-refractivity contribution in [3.05, 3.63) is 53.1 Å². The summed E-state index contributed by atoms with van der Waals surface area (Å²) in [4.78, 5) is 16.8. The van der Waals surface area contributed by atoms with E-state index in [4.69, 9.17) is 0 Å². The third-order valence-electron chi connectivity index (χ3n) is 3.90. The molecule has 1 amide bonds. The molecule has 0 aliphatic rings. The van der Waals surface area contributed by atoms with Gasteiger partial charge in [0.05, 0.1) is 20.7 Å². The maximum absolute atomic E-state index is 12.4. The predicted octanol–water partition coefficient (Wildman–Crippen LogP) is 3.07. The Hall–Kier alpha value is -2.45. The SMILES string of the molecule is Cc1ccc2sc(NNC(=O)c3ccccc3S(C)(=O)=O)nc2c1C. The molecular weight excluding hydrogens is 358 g/mol. The van der Waals surface area contributed by atoms with Crippen LogP contribution in [0, 0.1) is 13.8 Å². The van der Waals surface area contributed by atoms with E-state index in [0.717, 1.165) is 27.6 Å². The standard InChI is InChI=1S/C17H17N3O3S2/c1-10-8-9-13-15(11(10)2)18-17(24-13)20-19-16(21)12-6-4-5-7-14(12)25(3,22)23/h4-9H,1-3H3,(H,18,20)(H,19,21). The molecule has 0 aliphatic carbocycles. The molecule has 3 aromatic rings. The third-order valence-corrected chi connectivity index (χ3v) is 5.99. The molecule has 0 fully saturated rings. The molecule has 130 valence electrons. The van der Waals surface area contributed by atoms with Crippen molar-refractivity contribution in [1.29, 1.82) is 0 Å². The summed E-state index contributed by atoms with van der Waals surface area (Å²) in [7, 11) is -3.49. The second-order valence-electron chi connectivity index (χ2n) is 5.72. The molecule has 2 aromatic carbocycles. The fraction of sp³-hybridized carbons (Fsp3) is 0.176. The molecule has 3 rings (SSSR count). The summed E-state index contributed by atoms with van der Waals surface area (Å²) in [6, 6.07) is 10.1. The number of fused-ring (bicyclic) bond motifs is 1. The van der Waals surface area contributed by atoms with Crippen molar-refractivity contribution in [2.45, 2.75) is 18.7 Å². The summed E-state index contributed by atoms with van der Waals surface area (Å²) in [6.07, 6.45) is 1.07. The van der Waals surface area contributed by atoms with Crippen LogP contribution in [0.2, 0.25) is 0 Å². The van der Waals surface area contributed by atoms with Gasteiger partial charge in [0.15, 0.2) is 9.84 Å². The Kier molecular flexibility index (Phi) is 4.49. The fourth-order valence-corrected chi connectivity index (χ4v) is 4.20. The van der Waals surface area contributed by atoms with Gasteiger partial charge in [-0.25, -0.2) is 13.4 Å². The number of rotatable bonds is 4. The summed E-state index contributed by atoms with van der Waals surface area (Å²) >= 11 is 1.41. The zero-order valence-electron chi connectivity index (χ0n) is 14.0. The minimum absolute atomic E-state index is 0.00920. The molecule has 8 heteroatoms. The number of nitrogens with zero attached hydrogens (tertiary/aromatic N) is 1. The Morgan fingerprint density at radius 1 is 1.12 bits per heavy atom. The van der Waals surface area contributed by atoms with Crippen molar-refractivity contribution in [2.24, 2.45) is 0 Å². The highest BCUT2D eigenvalue weighted by Crippen LogP contribution is 2.29. The van der Waals surface area contributed by atoms with Crippen LogP contribution in [0.5, 0.6) is 0 Å². The van der Waals surface area contributed by atoms with Crippen LogP contribution in [-0.2, 0) is 9.84 Å². The number of hydrazine groups is 1. The number of sulfone groups is 1. The number of carbonyl (C=O) groups excluding carboxylic acids is 1. The molecule has 0 saturated carbocycles. The zero-order valence-corrected chi connectivity index (χ0v) is 15.6. The lowest BCUT2D eigenvalue weighted by Crippen LogP contribution is -2.30. The van der Waals surface area contributed by atoms with Crippen molar-refractivity contribution in [3.63, 3.8) is 0 Å². The molecule has 0 bridgehead atoms. The smallest absolute Gasteiger partial charge is 0.270 e. The average Bonchev–Trinajstić information content (AvgIpc) is 2.99. The number of aryl methyl sites for hydroxylation is 2. The van der Waals surface area contributed by atoms with Gasteiger partial charge in [0, 0.05) is 6.26 Å². The Morgan fingerprint density at radius 3 is 2.56 bits per heavy atom. The first-order valence-electron chi connectivity index (χ1n) is 7.49. The minimum atomic E-state index is -3.49. The number of hydrogen-bond acceptors (Lipinski definition) is 6. The second-order valence-corrected chi connectivity index (χ2v) is 8.74. The van der Waals surface area contributed by atoms with E-state index in [1.54, 1.807) is 12.1 Å². The van der Waals surface area contributed by atoms with E-state index in [0.29, 0.717) is 5.13 Å². The molecular formula is C17H17N3O3S2. The largest absolute Gasteiger partial charge is 0.273 e. The van der Waals surface area contributed by atoms with Crippen LogP contribution in [0.25, 0.3) is 10.2 Å². The summed E-state index contributed by atoms with van der Waals surface area (Å²) in [6.45, 7) is 4.02. The third kappa shape index (κ3) is 3.49. The molecule has 0 atom stereocenters. The zero-order chi connectivity index (χ0) is 18.2. The van der Waals surface area contributed by atoms with E-state index in [1.165, 1.54) is 23.5 Å². The highest BCUT2D eigenvalue weighted by Gasteiger charge is 2.18. The highest BCUT2D eigenvalue weighted by atomic mass is 32.2. The quantitative estimate of drug-likeness (QED) is 0.684. The molecule has 2 N–H and O–H groups in total. The van der Waals surface area contributed by atoms with E-state index in [9.17, 15) is 13.2 Å². The molecule has 6 nitrogen and oxygen atoms in total. The first kappa shape index (κ1) is 17.4. The summed E-state index contributed by atoms with van der Waals surface area (Å²) in [5.74, 6) is -0.534. The molecule has 1 heterocycles. The number of aromatic nitrogens is 1. The van der Waals surface area contributed by atoms with Crippen LogP contribution >= 0.6 is 11.3 Å². The van der Waals surface area contributed by atoms with Crippen LogP contribution in [0.3, 0.4) is 0 Å². The summed E-state index contributed by atoms with van der Waals surface area (Å²) in [5, 5.41) is 0.536. The molecule has 0 radical (unpaired) electrons. The van der Waals surface area contributed by atoms with Gasteiger partial charge in [-0.15, -0.1) is 0 Å². The van der Waals surface area contributed by atoms with Crippen LogP contribution in [0.15, 0.2) is 41.3 Å². The van der Waals surface area contributed by atoms with Crippen LogP contribution < -0.4 is 10.9 Å². The average molecular weight is 375 g/mol. The molecule has 1 aromatic heterocycles. The summed E-state index contributed by atoms with van der Waals surface area (Å²) < 4.78 is 24.6. The molecule has 0 saturated heterocycles. The number of nitrogens with one attached hydrogen (secondary N) is 2. The number of amides is 1.